The summed E-state index contributed by atoms with van der Waals surface area (Å²) in [4.78, 5) is 11.4. The van der Waals surface area contributed by atoms with Gasteiger partial charge in [0.25, 0.3) is 0 Å². The topological polar surface area (TPSA) is 41.1 Å². The fourth-order valence-electron chi connectivity index (χ4n) is 2.48. The van der Waals surface area contributed by atoms with E-state index in [1.54, 1.807) is 0 Å². The van der Waals surface area contributed by atoms with E-state index in [1.165, 1.54) is 19.3 Å². The van der Waals surface area contributed by atoms with Gasteiger partial charge in [-0.1, -0.05) is 27.2 Å². The number of hydrogen-bond donors (Lipinski definition) is 1. The van der Waals surface area contributed by atoms with Crippen LogP contribution in [0.2, 0.25) is 0 Å². The Hall–Kier alpha value is -1.16. The van der Waals surface area contributed by atoms with Crippen LogP contribution in [0.5, 0.6) is 0 Å². The molecule has 4 heteroatoms. The highest BCUT2D eigenvalue weighted by Crippen LogP contribution is 2.34. The molecular formula is C15H26N4. The normalized spacial score (nSPS) is 18.6. The summed E-state index contributed by atoms with van der Waals surface area (Å²) < 4.78 is 0. The van der Waals surface area contributed by atoms with Crippen LogP contribution in [-0.2, 0) is 6.54 Å². The number of piperidine rings is 1. The number of anilines is 1. The molecule has 0 atom stereocenters. The Morgan fingerprint density at radius 1 is 1.21 bits per heavy atom. The first-order valence-electron chi connectivity index (χ1n) is 7.43. The zero-order valence-electron chi connectivity index (χ0n) is 12.4. The van der Waals surface area contributed by atoms with E-state index in [9.17, 15) is 0 Å². The van der Waals surface area contributed by atoms with E-state index in [0.717, 1.165) is 37.7 Å². The zero-order chi connectivity index (χ0) is 13.7. The van der Waals surface area contributed by atoms with Crippen molar-refractivity contribution in [3.05, 3.63) is 18.1 Å². The van der Waals surface area contributed by atoms with E-state index >= 15 is 0 Å². The molecule has 0 radical (unpaired) electrons. The predicted octanol–water partition coefficient (Wildman–Crippen LogP) is 2.60. The quantitative estimate of drug-likeness (QED) is 0.885. The van der Waals surface area contributed by atoms with Crippen molar-refractivity contribution in [3.8, 4) is 0 Å². The maximum Gasteiger partial charge on any atom is 0.147 e. The molecule has 1 saturated heterocycles. The van der Waals surface area contributed by atoms with E-state index < -0.39 is 0 Å². The Bertz CT molecular complexity index is 380. The molecule has 1 aliphatic heterocycles. The summed E-state index contributed by atoms with van der Waals surface area (Å²) in [6, 6.07) is 0. The van der Waals surface area contributed by atoms with E-state index in [4.69, 9.17) is 0 Å². The Labute approximate surface area is 116 Å². The van der Waals surface area contributed by atoms with Gasteiger partial charge in [-0.05, 0) is 24.8 Å². The minimum absolute atomic E-state index is 0.523. The first-order chi connectivity index (χ1) is 9.17. The first kappa shape index (κ1) is 14.3. The second kappa shape index (κ2) is 6.33. The van der Waals surface area contributed by atoms with Crippen LogP contribution in [0, 0.1) is 5.41 Å². The molecule has 0 bridgehead atoms. The lowest BCUT2D eigenvalue weighted by molar-refractivity contribution is 0.237. The predicted molar refractivity (Wildman–Crippen MR) is 79.3 cm³/mol. The van der Waals surface area contributed by atoms with Gasteiger partial charge in [0.2, 0.25) is 0 Å². The van der Waals surface area contributed by atoms with Crippen molar-refractivity contribution in [2.24, 2.45) is 5.41 Å². The Kier molecular flexibility index (Phi) is 4.75. The monoisotopic (exact) mass is 262 g/mol. The van der Waals surface area contributed by atoms with Crippen LogP contribution in [0.3, 0.4) is 0 Å². The molecule has 0 unspecified atom stereocenters. The summed E-state index contributed by atoms with van der Waals surface area (Å²) in [5, 5.41) is 3.27. The van der Waals surface area contributed by atoms with Gasteiger partial charge in [0.15, 0.2) is 0 Å². The van der Waals surface area contributed by atoms with Crippen LogP contribution >= 0.6 is 0 Å². The first-order valence-corrected chi connectivity index (χ1v) is 7.43. The molecular weight excluding hydrogens is 236 g/mol. The van der Waals surface area contributed by atoms with E-state index in [2.05, 4.69) is 41.0 Å². The summed E-state index contributed by atoms with van der Waals surface area (Å²) >= 11 is 0. The van der Waals surface area contributed by atoms with E-state index in [-0.39, 0.29) is 0 Å². The van der Waals surface area contributed by atoms with Gasteiger partial charge in [0.1, 0.15) is 5.82 Å². The van der Waals surface area contributed by atoms with Crippen LogP contribution in [-0.4, -0.2) is 29.6 Å². The lowest BCUT2D eigenvalue weighted by Gasteiger charge is -2.39. The molecule has 1 aromatic rings. The van der Waals surface area contributed by atoms with E-state index in [0.29, 0.717) is 5.41 Å². The summed E-state index contributed by atoms with van der Waals surface area (Å²) in [6.45, 7) is 10.8. The molecule has 1 aromatic heterocycles. The second-order valence-corrected chi connectivity index (χ2v) is 5.80. The molecule has 0 aliphatic carbocycles. The zero-order valence-corrected chi connectivity index (χ0v) is 12.4. The number of rotatable bonds is 5. The molecule has 19 heavy (non-hydrogen) atoms. The molecule has 4 nitrogen and oxygen atoms in total. The fraction of sp³-hybridized carbons (Fsp3) is 0.733. The maximum absolute atomic E-state index is 4.55. The average molecular weight is 262 g/mol. The third-order valence-electron chi connectivity index (χ3n) is 4.40. The SMILES string of the molecule is CCNCc1cnc(N2CCC(C)(CC)CC2)cn1. The highest BCUT2D eigenvalue weighted by molar-refractivity contribution is 5.36. The molecule has 1 aliphatic rings. The maximum atomic E-state index is 4.55. The number of nitrogens with zero attached hydrogens (tertiary/aromatic N) is 3. The van der Waals surface area contributed by atoms with Crippen molar-refractivity contribution in [1.82, 2.24) is 15.3 Å². The van der Waals surface area contributed by atoms with Crippen molar-refractivity contribution < 1.29 is 0 Å². The molecule has 0 spiro atoms. The molecule has 1 N–H and O–H groups in total. The largest absolute Gasteiger partial charge is 0.355 e. The Morgan fingerprint density at radius 3 is 2.47 bits per heavy atom. The third kappa shape index (κ3) is 3.66. The van der Waals surface area contributed by atoms with Crippen LogP contribution in [0.25, 0.3) is 0 Å². The number of aromatic nitrogens is 2. The van der Waals surface area contributed by atoms with Crippen molar-refractivity contribution in [1.29, 1.82) is 0 Å². The third-order valence-corrected chi connectivity index (χ3v) is 4.40. The van der Waals surface area contributed by atoms with Crippen molar-refractivity contribution in [2.75, 3.05) is 24.5 Å². The molecule has 0 aromatic carbocycles. The van der Waals surface area contributed by atoms with Gasteiger partial charge in [-0.3, -0.25) is 4.98 Å². The lowest BCUT2D eigenvalue weighted by atomic mass is 9.78. The minimum atomic E-state index is 0.523. The van der Waals surface area contributed by atoms with Crippen LogP contribution < -0.4 is 10.2 Å². The van der Waals surface area contributed by atoms with Crippen molar-refractivity contribution >= 4 is 5.82 Å². The van der Waals surface area contributed by atoms with Gasteiger partial charge in [-0.2, -0.15) is 0 Å². The van der Waals surface area contributed by atoms with Gasteiger partial charge in [-0.15, -0.1) is 0 Å². The minimum Gasteiger partial charge on any atom is -0.355 e. The van der Waals surface area contributed by atoms with Crippen LogP contribution in [0.4, 0.5) is 5.82 Å². The summed E-state index contributed by atoms with van der Waals surface area (Å²) in [5.74, 6) is 1.03. The Balaban J connectivity index is 1.92. The van der Waals surface area contributed by atoms with Crippen molar-refractivity contribution in [3.63, 3.8) is 0 Å². The summed E-state index contributed by atoms with van der Waals surface area (Å²) in [6.07, 6.45) is 7.59. The highest BCUT2D eigenvalue weighted by atomic mass is 15.2. The molecule has 0 saturated carbocycles. The molecule has 0 amide bonds. The fourth-order valence-corrected chi connectivity index (χ4v) is 2.48. The summed E-state index contributed by atoms with van der Waals surface area (Å²) in [5.41, 5.74) is 1.54. The van der Waals surface area contributed by atoms with Gasteiger partial charge in [0, 0.05) is 19.6 Å². The van der Waals surface area contributed by atoms with Gasteiger partial charge < -0.3 is 10.2 Å². The van der Waals surface area contributed by atoms with Gasteiger partial charge in [0.05, 0.1) is 18.1 Å². The second-order valence-electron chi connectivity index (χ2n) is 5.80. The lowest BCUT2D eigenvalue weighted by Crippen LogP contribution is -2.38. The van der Waals surface area contributed by atoms with E-state index in [1.807, 2.05) is 12.4 Å². The van der Waals surface area contributed by atoms with Gasteiger partial charge in [-0.25, -0.2) is 4.98 Å². The smallest absolute Gasteiger partial charge is 0.147 e. The molecule has 106 valence electrons. The molecule has 2 rings (SSSR count). The number of nitrogens with one attached hydrogen (secondary N) is 1. The standard InChI is InChI=1S/C15H26N4/c1-4-15(3)6-8-19(9-7-15)14-12-17-13(11-18-14)10-16-5-2/h11-12,16H,4-10H2,1-3H3. The van der Waals surface area contributed by atoms with Crippen LogP contribution in [0.1, 0.15) is 45.7 Å². The van der Waals surface area contributed by atoms with Crippen LogP contribution in [0.15, 0.2) is 12.4 Å². The average Bonchev–Trinajstić information content (AvgIpc) is 2.47. The summed E-state index contributed by atoms with van der Waals surface area (Å²) in [7, 11) is 0. The number of hydrogen-bond acceptors (Lipinski definition) is 4. The molecule has 1 fully saturated rings. The highest BCUT2D eigenvalue weighted by Gasteiger charge is 2.28. The van der Waals surface area contributed by atoms with Crippen molar-refractivity contribution in [2.45, 2.75) is 46.6 Å². The Morgan fingerprint density at radius 2 is 1.95 bits per heavy atom. The molecule has 2 heterocycles. The van der Waals surface area contributed by atoms with Gasteiger partial charge >= 0.3 is 0 Å².